The molecule has 0 aromatic heterocycles. The van der Waals surface area contributed by atoms with Gasteiger partial charge in [-0.25, -0.2) is 10.4 Å². The van der Waals surface area contributed by atoms with E-state index in [2.05, 4.69) is 36.8 Å². The third kappa shape index (κ3) is 7.40. The van der Waals surface area contributed by atoms with Gasteiger partial charge in [-0.05, 0) is 78.7 Å². The Bertz CT molecular complexity index is 1500. The van der Waals surface area contributed by atoms with Crippen LogP contribution in [0.5, 0.6) is 5.75 Å². The maximum atomic E-state index is 14.4. The zero-order chi connectivity index (χ0) is 30.9. The molecule has 1 fully saturated rings. The highest BCUT2D eigenvalue weighted by atomic mass is 79.9. The fourth-order valence-corrected chi connectivity index (χ4v) is 5.78. The Morgan fingerprint density at radius 1 is 1.09 bits per heavy atom. The molecule has 1 amide bonds. The lowest BCUT2D eigenvalue weighted by Crippen LogP contribution is -2.56. The zero-order valence-corrected chi connectivity index (χ0v) is 25.7. The van der Waals surface area contributed by atoms with Gasteiger partial charge in [0.1, 0.15) is 5.75 Å². The first kappa shape index (κ1) is 31.5. The van der Waals surface area contributed by atoms with Crippen molar-refractivity contribution in [3.8, 4) is 5.75 Å². The molecule has 1 heterocycles. The summed E-state index contributed by atoms with van der Waals surface area (Å²) in [7, 11) is 0. The summed E-state index contributed by atoms with van der Waals surface area (Å²) in [6.07, 6.45) is 2.23. The summed E-state index contributed by atoms with van der Waals surface area (Å²) in [5.41, 5.74) is 16.3. The molecule has 44 heavy (non-hydrogen) atoms. The number of nitrogens with zero attached hydrogens (tertiary/aromatic N) is 4. The summed E-state index contributed by atoms with van der Waals surface area (Å²) in [5.74, 6) is 0.530. The van der Waals surface area contributed by atoms with E-state index in [4.69, 9.17) is 19.6 Å². The van der Waals surface area contributed by atoms with Gasteiger partial charge in [-0.15, -0.1) is 0 Å². The summed E-state index contributed by atoms with van der Waals surface area (Å²) in [6, 6.07) is 21.9. The number of aliphatic hydroxyl groups excluding tert-OH is 2. The number of hydrogen-bond donors (Lipinski definition) is 4. The number of nitrogens with one attached hydrogen (secondary N) is 2. The van der Waals surface area contributed by atoms with Crippen LogP contribution in [0.3, 0.4) is 0 Å². The Kier molecular flexibility index (Phi) is 10.5. The van der Waals surface area contributed by atoms with Gasteiger partial charge >= 0.3 is 0 Å². The molecule has 1 saturated carbocycles. The Morgan fingerprint density at radius 2 is 1.82 bits per heavy atom. The van der Waals surface area contributed by atoms with E-state index in [0.29, 0.717) is 48.4 Å². The molecule has 230 valence electrons. The van der Waals surface area contributed by atoms with E-state index in [9.17, 15) is 15.4 Å². The minimum absolute atomic E-state index is 0.00477. The largest absolute Gasteiger partial charge is 0.494 e. The SMILES string of the molecule is [N-]=[N+]=Nc1ccccc1C[C@]1(C(=O)NNC2CCC(O)CC2)N=C(c2ccc(OCCCO)cc2)O[C@H]1c1ccc(Br)cc1. The predicted octanol–water partition coefficient (Wildman–Crippen LogP) is 5.58. The molecule has 0 radical (unpaired) electrons. The second kappa shape index (κ2) is 14.7. The first-order chi connectivity index (χ1) is 21.4. The number of rotatable bonds is 12. The summed E-state index contributed by atoms with van der Waals surface area (Å²) in [5, 5.41) is 22.9. The number of carbonyl (C=O) groups excluding carboxylic acids is 1. The number of azide groups is 1. The first-order valence-corrected chi connectivity index (χ1v) is 15.4. The maximum absolute atomic E-state index is 14.4. The Hall–Kier alpha value is -3.93. The van der Waals surface area contributed by atoms with Crippen LogP contribution in [0.2, 0.25) is 0 Å². The van der Waals surface area contributed by atoms with Crippen LogP contribution >= 0.6 is 15.9 Å². The standard InChI is InChI=1S/C32H35BrN6O5/c33-24-10-6-21(7-11-24)29-32(20-23-4-1-2-5-28(23)37-39-34,31(42)38-36-25-12-14-26(41)15-13-25)35-30(44-29)22-8-16-27(17-9-22)43-19-3-18-40/h1-2,4-11,16-17,25-26,29,36,40-41H,3,12-15,18-20H2,(H,38,42)/t25?,26?,29-,32-/m0/s1. The third-order valence-electron chi connectivity index (χ3n) is 7.89. The number of aliphatic imine (C=N–C) groups is 1. The van der Waals surface area contributed by atoms with Gasteiger partial charge in [0.15, 0.2) is 11.6 Å². The number of benzene rings is 3. The second-order valence-corrected chi connectivity index (χ2v) is 11.9. The van der Waals surface area contributed by atoms with Crippen molar-refractivity contribution in [2.75, 3.05) is 13.2 Å². The van der Waals surface area contributed by atoms with E-state index in [1.54, 1.807) is 24.3 Å². The molecule has 0 unspecified atom stereocenters. The van der Waals surface area contributed by atoms with Crippen molar-refractivity contribution < 1.29 is 24.5 Å². The van der Waals surface area contributed by atoms with Gasteiger partial charge in [-0.3, -0.25) is 10.2 Å². The molecule has 0 spiro atoms. The van der Waals surface area contributed by atoms with Gasteiger partial charge in [-0.2, -0.15) is 0 Å². The number of amides is 1. The van der Waals surface area contributed by atoms with Crippen LogP contribution in [0.15, 0.2) is 87.4 Å². The highest BCUT2D eigenvalue weighted by Gasteiger charge is 2.53. The van der Waals surface area contributed by atoms with Crippen molar-refractivity contribution >= 4 is 33.4 Å². The van der Waals surface area contributed by atoms with Crippen LogP contribution in [-0.2, 0) is 16.0 Å². The summed E-state index contributed by atoms with van der Waals surface area (Å²) >= 11 is 3.49. The predicted molar refractivity (Wildman–Crippen MR) is 169 cm³/mol. The normalized spacial score (nSPS) is 22.8. The fourth-order valence-electron chi connectivity index (χ4n) is 5.51. The van der Waals surface area contributed by atoms with Crippen LogP contribution in [-0.4, -0.2) is 52.9 Å². The first-order valence-electron chi connectivity index (χ1n) is 14.6. The third-order valence-corrected chi connectivity index (χ3v) is 8.42. The molecule has 5 rings (SSSR count). The number of aliphatic hydroxyl groups is 2. The lowest BCUT2D eigenvalue weighted by atomic mass is 9.81. The quantitative estimate of drug-likeness (QED) is 0.0651. The number of carbonyl (C=O) groups is 1. The maximum Gasteiger partial charge on any atom is 0.266 e. The minimum atomic E-state index is -1.48. The topological polar surface area (TPSA) is 161 Å². The zero-order valence-electron chi connectivity index (χ0n) is 24.1. The molecule has 0 bridgehead atoms. The fraction of sp³-hybridized carbons (Fsp3) is 0.375. The van der Waals surface area contributed by atoms with Crippen LogP contribution in [0, 0.1) is 0 Å². The highest BCUT2D eigenvalue weighted by molar-refractivity contribution is 9.10. The van der Waals surface area contributed by atoms with E-state index in [0.717, 1.165) is 22.9 Å². The van der Waals surface area contributed by atoms with Gasteiger partial charge in [0, 0.05) is 46.1 Å². The van der Waals surface area contributed by atoms with E-state index < -0.39 is 17.6 Å². The van der Waals surface area contributed by atoms with Crippen LogP contribution in [0.4, 0.5) is 5.69 Å². The van der Waals surface area contributed by atoms with E-state index in [-0.39, 0.29) is 31.1 Å². The van der Waals surface area contributed by atoms with Crippen molar-refractivity contribution in [2.45, 2.75) is 62.3 Å². The molecule has 4 N–H and O–H groups in total. The second-order valence-electron chi connectivity index (χ2n) is 10.9. The van der Waals surface area contributed by atoms with Gasteiger partial charge in [0.25, 0.3) is 5.91 Å². The van der Waals surface area contributed by atoms with Crippen molar-refractivity contribution in [3.63, 3.8) is 0 Å². The van der Waals surface area contributed by atoms with Crippen LogP contribution in [0.1, 0.15) is 54.9 Å². The lowest BCUT2D eigenvalue weighted by Gasteiger charge is -2.33. The molecule has 12 heteroatoms. The minimum Gasteiger partial charge on any atom is -0.494 e. The molecule has 3 aromatic rings. The van der Waals surface area contributed by atoms with Crippen molar-refractivity contribution in [2.24, 2.45) is 10.1 Å². The number of ether oxygens (including phenoxy) is 2. The summed E-state index contributed by atoms with van der Waals surface area (Å²) in [4.78, 5) is 22.4. The average Bonchev–Trinajstić information content (AvgIpc) is 3.43. The number of hydrazine groups is 1. The molecule has 1 aliphatic carbocycles. The number of halogens is 1. The molecule has 11 nitrogen and oxygen atoms in total. The molecule has 3 aromatic carbocycles. The number of hydrogen-bond acceptors (Lipinski definition) is 8. The van der Waals surface area contributed by atoms with E-state index in [1.165, 1.54) is 0 Å². The lowest BCUT2D eigenvalue weighted by molar-refractivity contribution is -0.130. The average molecular weight is 664 g/mol. The molecule has 1 aliphatic heterocycles. The smallest absolute Gasteiger partial charge is 0.266 e. The molecule has 2 atom stereocenters. The van der Waals surface area contributed by atoms with Gasteiger partial charge < -0.3 is 19.7 Å². The Morgan fingerprint density at radius 3 is 2.52 bits per heavy atom. The van der Waals surface area contributed by atoms with Crippen LogP contribution in [0.25, 0.3) is 10.4 Å². The van der Waals surface area contributed by atoms with E-state index >= 15 is 0 Å². The highest BCUT2D eigenvalue weighted by Crippen LogP contribution is 2.44. The molecular weight excluding hydrogens is 628 g/mol. The van der Waals surface area contributed by atoms with Gasteiger partial charge in [-0.1, -0.05) is 57.4 Å². The Balaban J connectivity index is 1.55. The van der Waals surface area contributed by atoms with Crippen molar-refractivity contribution in [1.29, 1.82) is 0 Å². The van der Waals surface area contributed by atoms with Crippen molar-refractivity contribution in [3.05, 3.63) is 104 Å². The molecule has 0 saturated heterocycles. The molecular formula is C32H35BrN6O5. The van der Waals surface area contributed by atoms with Gasteiger partial charge in [0.2, 0.25) is 5.90 Å². The van der Waals surface area contributed by atoms with Gasteiger partial charge in [0.05, 0.1) is 12.7 Å². The molecule has 2 aliphatic rings. The van der Waals surface area contributed by atoms with Crippen LogP contribution < -0.4 is 15.6 Å². The monoisotopic (exact) mass is 662 g/mol. The Labute approximate surface area is 264 Å². The van der Waals surface area contributed by atoms with Crippen molar-refractivity contribution in [1.82, 2.24) is 10.9 Å². The summed E-state index contributed by atoms with van der Waals surface area (Å²) in [6.45, 7) is 0.435. The van der Waals surface area contributed by atoms with E-state index in [1.807, 2.05) is 48.5 Å². The summed E-state index contributed by atoms with van der Waals surface area (Å²) < 4.78 is 13.1.